The highest BCUT2D eigenvalue weighted by atomic mass is 16.6. The Morgan fingerprint density at radius 3 is 2.58 bits per heavy atom. The number of nitrogens with one attached hydrogen (secondary N) is 2. The molecule has 0 bridgehead atoms. The molecule has 3 amide bonds. The Hall–Kier alpha value is -1.63. The summed E-state index contributed by atoms with van der Waals surface area (Å²) < 4.78 is 5.28. The zero-order valence-electron chi connectivity index (χ0n) is 11.4. The van der Waals surface area contributed by atoms with E-state index in [1.807, 2.05) is 0 Å². The van der Waals surface area contributed by atoms with E-state index in [4.69, 9.17) is 4.74 Å². The summed E-state index contributed by atoms with van der Waals surface area (Å²) >= 11 is 0. The minimum atomic E-state index is -0.544. The van der Waals surface area contributed by atoms with Crippen LogP contribution in [0.4, 0.5) is 4.79 Å². The first kappa shape index (κ1) is 13.8. The van der Waals surface area contributed by atoms with Gasteiger partial charge >= 0.3 is 12.0 Å². The Bertz CT molecular complexity index is 400. The van der Waals surface area contributed by atoms with Crippen LogP contribution in [0.5, 0.6) is 0 Å². The van der Waals surface area contributed by atoms with Crippen LogP contribution in [0.15, 0.2) is 0 Å². The smallest absolute Gasteiger partial charge is 0.324 e. The average molecular weight is 269 g/mol. The van der Waals surface area contributed by atoms with Crippen LogP contribution in [0.2, 0.25) is 0 Å². The van der Waals surface area contributed by atoms with Gasteiger partial charge in [0.1, 0.15) is 11.6 Å². The van der Waals surface area contributed by atoms with Gasteiger partial charge in [0.2, 0.25) is 5.91 Å². The van der Waals surface area contributed by atoms with Gasteiger partial charge in [0.25, 0.3) is 0 Å². The standard InChI is InChI=1S/C12H19N3O4/c1-12(2,3)19-10(17)8-4-7(5-13-8)15-9(16)6-14-11(15)18/h7-8,13H,4-6H2,1-3H3,(H,14,18)/t7-,8-/m0/s1. The number of imide groups is 1. The lowest BCUT2D eigenvalue weighted by molar-refractivity contribution is -0.157. The predicted molar refractivity (Wildman–Crippen MR) is 66.3 cm³/mol. The molecule has 2 atom stereocenters. The van der Waals surface area contributed by atoms with Crippen LogP contribution in [0.1, 0.15) is 27.2 Å². The molecule has 7 nitrogen and oxygen atoms in total. The summed E-state index contributed by atoms with van der Waals surface area (Å²) in [5.74, 6) is -0.594. The fraction of sp³-hybridized carbons (Fsp3) is 0.750. The van der Waals surface area contributed by atoms with Gasteiger partial charge in [0.05, 0.1) is 12.6 Å². The molecule has 2 aliphatic rings. The predicted octanol–water partition coefficient (Wildman–Crippen LogP) is -0.390. The highest BCUT2D eigenvalue weighted by Crippen LogP contribution is 2.19. The van der Waals surface area contributed by atoms with Crippen molar-refractivity contribution in [3.8, 4) is 0 Å². The minimum absolute atomic E-state index is 0.0342. The third-order valence-corrected chi connectivity index (χ3v) is 3.04. The minimum Gasteiger partial charge on any atom is -0.459 e. The fourth-order valence-corrected chi connectivity index (χ4v) is 2.27. The number of carbonyl (C=O) groups is 3. The van der Waals surface area contributed by atoms with Crippen molar-refractivity contribution in [3.05, 3.63) is 0 Å². The molecule has 2 N–H and O–H groups in total. The van der Waals surface area contributed by atoms with Crippen molar-refractivity contribution in [2.75, 3.05) is 13.1 Å². The van der Waals surface area contributed by atoms with Gasteiger partial charge in [-0.1, -0.05) is 0 Å². The maximum Gasteiger partial charge on any atom is 0.324 e. The molecule has 0 aromatic heterocycles. The normalized spacial score (nSPS) is 27.6. The lowest BCUT2D eigenvalue weighted by atomic mass is 10.1. The van der Waals surface area contributed by atoms with Crippen molar-refractivity contribution < 1.29 is 19.1 Å². The molecule has 0 saturated carbocycles. The zero-order chi connectivity index (χ0) is 14.2. The number of esters is 1. The van der Waals surface area contributed by atoms with Gasteiger partial charge in [-0.05, 0) is 27.2 Å². The molecule has 0 aromatic carbocycles. The molecule has 2 saturated heterocycles. The molecule has 7 heteroatoms. The van der Waals surface area contributed by atoms with E-state index in [0.29, 0.717) is 13.0 Å². The van der Waals surface area contributed by atoms with Crippen LogP contribution in [0.25, 0.3) is 0 Å². The Morgan fingerprint density at radius 2 is 2.05 bits per heavy atom. The summed E-state index contributed by atoms with van der Waals surface area (Å²) in [7, 11) is 0. The monoisotopic (exact) mass is 269 g/mol. The van der Waals surface area contributed by atoms with E-state index >= 15 is 0 Å². The molecular weight excluding hydrogens is 250 g/mol. The summed E-state index contributed by atoms with van der Waals surface area (Å²) in [6, 6.07) is -1.14. The van der Waals surface area contributed by atoms with E-state index in [2.05, 4.69) is 10.6 Å². The topological polar surface area (TPSA) is 87.7 Å². The molecule has 0 aliphatic carbocycles. The van der Waals surface area contributed by atoms with Gasteiger partial charge in [-0.3, -0.25) is 14.5 Å². The summed E-state index contributed by atoms with van der Waals surface area (Å²) in [4.78, 5) is 36.2. The van der Waals surface area contributed by atoms with Gasteiger partial charge in [-0.2, -0.15) is 0 Å². The molecule has 0 radical (unpaired) electrons. The second kappa shape index (κ2) is 4.80. The first-order valence-electron chi connectivity index (χ1n) is 6.34. The van der Waals surface area contributed by atoms with Crippen LogP contribution in [-0.2, 0) is 14.3 Å². The summed E-state index contributed by atoms with van der Waals surface area (Å²) in [6.07, 6.45) is 0.397. The molecule has 19 heavy (non-hydrogen) atoms. The van der Waals surface area contributed by atoms with Crippen molar-refractivity contribution in [3.63, 3.8) is 0 Å². The van der Waals surface area contributed by atoms with E-state index in [1.54, 1.807) is 20.8 Å². The van der Waals surface area contributed by atoms with Crippen LogP contribution < -0.4 is 10.6 Å². The third kappa shape index (κ3) is 3.04. The molecule has 2 heterocycles. The molecule has 0 unspecified atom stereocenters. The second-order valence-electron chi connectivity index (χ2n) is 5.81. The number of ether oxygens (including phenoxy) is 1. The largest absolute Gasteiger partial charge is 0.459 e. The van der Waals surface area contributed by atoms with Crippen molar-refractivity contribution in [1.29, 1.82) is 0 Å². The van der Waals surface area contributed by atoms with Gasteiger partial charge in [0, 0.05) is 6.54 Å². The molecule has 2 fully saturated rings. The number of nitrogens with zero attached hydrogens (tertiary/aromatic N) is 1. The Balaban J connectivity index is 1.95. The van der Waals surface area contributed by atoms with E-state index in [-0.39, 0.29) is 30.5 Å². The fourth-order valence-electron chi connectivity index (χ4n) is 2.27. The lowest BCUT2D eigenvalue weighted by Crippen LogP contribution is -2.41. The molecular formula is C12H19N3O4. The summed E-state index contributed by atoms with van der Waals surface area (Å²) in [6.45, 7) is 5.85. The number of urea groups is 1. The first-order chi connectivity index (χ1) is 8.78. The van der Waals surface area contributed by atoms with Gasteiger partial charge in [-0.15, -0.1) is 0 Å². The molecule has 106 valence electrons. The third-order valence-electron chi connectivity index (χ3n) is 3.04. The van der Waals surface area contributed by atoms with Crippen molar-refractivity contribution in [1.82, 2.24) is 15.5 Å². The first-order valence-corrected chi connectivity index (χ1v) is 6.34. The van der Waals surface area contributed by atoms with Crippen LogP contribution in [-0.4, -0.2) is 53.6 Å². The summed E-state index contributed by atoms with van der Waals surface area (Å²) in [5, 5.41) is 5.47. The number of rotatable bonds is 2. The maximum atomic E-state index is 11.9. The van der Waals surface area contributed by atoms with Crippen molar-refractivity contribution >= 4 is 17.9 Å². The molecule has 0 spiro atoms. The quantitative estimate of drug-likeness (QED) is 0.526. The number of carbonyl (C=O) groups excluding carboxylic acids is 3. The average Bonchev–Trinajstić information content (AvgIpc) is 2.83. The molecule has 0 aromatic rings. The Morgan fingerprint density at radius 1 is 1.37 bits per heavy atom. The maximum absolute atomic E-state index is 11.9. The van der Waals surface area contributed by atoms with Crippen molar-refractivity contribution in [2.24, 2.45) is 0 Å². The van der Waals surface area contributed by atoms with Crippen LogP contribution >= 0.6 is 0 Å². The Labute approximate surface area is 111 Å². The van der Waals surface area contributed by atoms with Gasteiger partial charge in [0.15, 0.2) is 0 Å². The SMILES string of the molecule is CC(C)(C)OC(=O)[C@@H]1C[C@H](N2C(=O)CNC2=O)CN1. The van der Waals surface area contributed by atoms with E-state index < -0.39 is 11.6 Å². The summed E-state index contributed by atoms with van der Waals surface area (Å²) in [5.41, 5.74) is -0.544. The number of amides is 3. The second-order valence-corrected chi connectivity index (χ2v) is 5.81. The highest BCUT2D eigenvalue weighted by Gasteiger charge is 2.41. The zero-order valence-corrected chi connectivity index (χ0v) is 11.4. The number of hydrogen-bond acceptors (Lipinski definition) is 5. The van der Waals surface area contributed by atoms with Gasteiger partial charge < -0.3 is 15.4 Å². The molecule has 2 rings (SSSR count). The van der Waals surface area contributed by atoms with Gasteiger partial charge in [-0.25, -0.2) is 4.79 Å². The van der Waals surface area contributed by atoms with E-state index in [1.165, 1.54) is 4.90 Å². The van der Waals surface area contributed by atoms with Crippen LogP contribution in [0, 0.1) is 0 Å². The Kier molecular flexibility index (Phi) is 3.49. The lowest BCUT2D eigenvalue weighted by Gasteiger charge is -2.22. The highest BCUT2D eigenvalue weighted by molar-refractivity contribution is 6.02. The van der Waals surface area contributed by atoms with Crippen LogP contribution in [0.3, 0.4) is 0 Å². The van der Waals surface area contributed by atoms with E-state index in [0.717, 1.165) is 0 Å². The molecule has 2 aliphatic heterocycles. The van der Waals surface area contributed by atoms with Crippen molar-refractivity contribution in [2.45, 2.75) is 44.9 Å². The van der Waals surface area contributed by atoms with E-state index in [9.17, 15) is 14.4 Å². The number of hydrogen-bond donors (Lipinski definition) is 2.